The standard InChI is InChI=1S/C23H43N5O/c1-16-15-27-12-11-25-8-7-24-9-10-26-13-14-28-23(16,6)21-19(4)17(2)18(3)20(5)22(21)29/h16,24-29H,7-15H2,1-6H3. The monoisotopic (exact) mass is 405 g/mol. The second-order valence-electron chi connectivity index (χ2n) is 8.71. The van der Waals surface area contributed by atoms with E-state index in [4.69, 9.17) is 0 Å². The van der Waals surface area contributed by atoms with E-state index in [1.54, 1.807) is 0 Å². The maximum atomic E-state index is 11.2. The molecule has 0 aromatic heterocycles. The molecule has 29 heavy (non-hydrogen) atoms. The van der Waals surface area contributed by atoms with Gasteiger partial charge in [-0.3, -0.25) is 0 Å². The van der Waals surface area contributed by atoms with Crippen molar-refractivity contribution in [1.29, 1.82) is 0 Å². The highest BCUT2D eigenvalue weighted by atomic mass is 16.3. The molecule has 6 nitrogen and oxygen atoms in total. The van der Waals surface area contributed by atoms with Crippen LogP contribution in [0.3, 0.4) is 0 Å². The van der Waals surface area contributed by atoms with Crippen molar-refractivity contribution in [1.82, 2.24) is 26.6 Å². The van der Waals surface area contributed by atoms with Crippen molar-refractivity contribution in [2.24, 2.45) is 5.92 Å². The van der Waals surface area contributed by atoms with Crippen LogP contribution in [0, 0.1) is 33.6 Å². The third-order valence-corrected chi connectivity index (χ3v) is 6.84. The predicted octanol–water partition coefficient (Wildman–Crippen LogP) is 1.44. The van der Waals surface area contributed by atoms with Gasteiger partial charge in [-0.1, -0.05) is 6.92 Å². The minimum atomic E-state index is -0.325. The molecule has 6 heteroatoms. The van der Waals surface area contributed by atoms with Gasteiger partial charge in [0.2, 0.25) is 0 Å². The maximum absolute atomic E-state index is 11.2. The lowest BCUT2D eigenvalue weighted by molar-refractivity contribution is 0.233. The Morgan fingerprint density at radius 1 is 0.690 bits per heavy atom. The summed E-state index contributed by atoms with van der Waals surface area (Å²) in [5.74, 6) is 0.754. The van der Waals surface area contributed by atoms with Gasteiger partial charge in [-0.05, 0) is 69.3 Å². The van der Waals surface area contributed by atoms with Crippen LogP contribution in [0.4, 0.5) is 0 Å². The Balaban J connectivity index is 2.30. The van der Waals surface area contributed by atoms with Gasteiger partial charge in [0.25, 0.3) is 0 Å². The third-order valence-electron chi connectivity index (χ3n) is 6.84. The van der Waals surface area contributed by atoms with Crippen molar-refractivity contribution in [2.45, 2.75) is 47.1 Å². The summed E-state index contributed by atoms with van der Waals surface area (Å²) in [6.45, 7) is 21.5. The van der Waals surface area contributed by atoms with Gasteiger partial charge in [0.15, 0.2) is 0 Å². The summed E-state index contributed by atoms with van der Waals surface area (Å²) >= 11 is 0. The van der Waals surface area contributed by atoms with Gasteiger partial charge >= 0.3 is 0 Å². The molecule has 1 heterocycles. The average molecular weight is 406 g/mol. The average Bonchev–Trinajstić information content (AvgIpc) is 2.70. The number of hydrogen-bond donors (Lipinski definition) is 6. The quantitative estimate of drug-likeness (QED) is 0.424. The van der Waals surface area contributed by atoms with E-state index in [9.17, 15) is 5.11 Å². The van der Waals surface area contributed by atoms with Crippen LogP contribution < -0.4 is 26.6 Å². The lowest BCUT2D eigenvalue weighted by Crippen LogP contribution is -2.51. The largest absolute Gasteiger partial charge is 0.507 e. The molecule has 2 atom stereocenters. The summed E-state index contributed by atoms with van der Waals surface area (Å²) in [5, 5.41) is 29.0. The summed E-state index contributed by atoms with van der Waals surface area (Å²) in [6.07, 6.45) is 0. The van der Waals surface area contributed by atoms with Crippen molar-refractivity contribution in [2.75, 3.05) is 58.9 Å². The zero-order chi connectivity index (χ0) is 21.4. The summed E-state index contributed by atoms with van der Waals surface area (Å²) < 4.78 is 0. The fourth-order valence-corrected chi connectivity index (χ4v) is 4.28. The number of nitrogens with one attached hydrogen (secondary N) is 5. The number of phenols is 1. The zero-order valence-electron chi connectivity index (χ0n) is 19.4. The Hall–Kier alpha value is -1.18. The minimum absolute atomic E-state index is 0.308. The van der Waals surface area contributed by atoms with Crippen LogP contribution in [0.2, 0.25) is 0 Å². The maximum Gasteiger partial charge on any atom is 0.124 e. The molecule has 0 aliphatic carbocycles. The molecule has 2 rings (SSSR count). The van der Waals surface area contributed by atoms with E-state index < -0.39 is 0 Å². The first-order valence-corrected chi connectivity index (χ1v) is 11.2. The number of phenolic OH excluding ortho intramolecular Hbond substituents is 1. The Morgan fingerprint density at radius 2 is 1.14 bits per heavy atom. The van der Waals surface area contributed by atoms with Crippen LogP contribution >= 0.6 is 0 Å². The zero-order valence-corrected chi connectivity index (χ0v) is 19.4. The van der Waals surface area contributed by atoms with Crippen LogP contribution in [0.5, 0.6) is 5.75 Å². The molecule has 0 bridgehead atoms. The smallest absolute Gasteiger partial charge is 0.124 e. The summed E-state index contributed by atoms with van der Waals surface area (Å²) in [4.78, 5) is 0. The van der Waals surface area contributed by atoms with Crippen molar-refractivity contribution < 1.29 is 5.11 Å². The van der Waals surface area contributed by atoms with E-state index in [1.165, 1.54) is 16.7 Å². The third kappa shape index (κ3) is 5.92. The highest BCUT2D eigenvalue weighted by Gasteiger charge is 2.37. The molecule has 1 saturated heterocycles. The number of aromatic hydroxyl groups is 1. The molecule has 1 aromatic rings. The van der Waals surface area contributed by atoms with Gasteiger partial charge in [-0.15, -0.1) is 0 Å². The van der Waals surface area contributed by atoms with Crippen molar-refractivity contribution in [3.8, 4) is 5.75 Å². The van der Waals surface area contributed by atoms with Gasteiger partial charge in [0.05, 0.1) is 0 Å². The van der Waals surface area contributed by atoms with E-state index in [1.807, 2.05) is 6.92 Å². The van der Waals surface area contributed by atoms with Crippen molar-refractivity contribution in [3.63, 3.8) is 0 Å². The summed E-state index contributed by atoms with van der Waals surface area (Å²) in [5.41, 5.74) is 5.38. The van der Waals surface area contributed by atoms with E-state index >= 15 is 0 Å². The first-order chi connectivity index (χ1) is 13.8. The van der Waals surface area contributed by atoms with Crippen molar-refractivity contribution in [3.05, 3.63) is 27.8 Å². The van der Waals surface area contributed by atoms with Crippen LogP contribution in [-0.2, 0) is 5.54 Å². The second-order valence-corrected chi connectivity index (χ2v) is 8.71. The number of benzene rings is 1. The number of rotatable bonds is 1. The van der Waals surface area contributed by atoms with Gasteiger partial charge in [-0.25, -0.2) is 0 Å². The van der Waals surface area contributed by atoms with Gasteiger partial charge in [0.1, 0.15) is 5.75 Å². The molecule has 0 amide bonds. The summed E-state index contributed by atoms with van der Waals surface area (Å²) in [6, 6.07) is 0. The Labute approximate surface area is 177 Å². The molecule has 0 saturated carbocycles. The Bertz CT molecular complexity index is 634. The van der Waals surface area contributed by atoms with E-state index in [2.05, 4.69) is 61.2 Å². The molecule has 166 valence electrons. The van der Waals surface area contributed by atoms with Crippen LogP contribution in [0.15, 0.2) is 0 Å². The fourth-order valence-electron chi connectivity index (χ4n) is 4.28. The van der Waals surface area contributed by atoms with Crippen LogP contribution in [0.1, 0.15) is 41.7 Å². The minimum Gasteiger partial charge on any atom is -0.507 e. The highest BCUT2D eigenvalue weighted by Crippen LogP contribution is 2.41. The lowest BCUT2D eigenvalue weighted by Gasteiger charge is -2.40. The van der Waals surface area contributed by atoms with Crippen LogP contribution in [-0.4, -0.2) is 64.0 Å². The van der Waals surface area contributed by atoms with Gasteiger partial charge in [0, 0.05) is 63.5 Å². The molecular formula is C23H43N5O. The predicted molar refractivity (Wildman–Crippen MR) is 123 cm³/mol. The Kier molecular flexibility index (Phi) is 9.37. The molecule has 1 aliphatic rings. The normalized spacial score (nSPS) is 26.3. The highest BCUT2D eigenvalue weighted by molar-refractivity contribution is 5.56. The fraction of sp³-hybridized carbons (Fsp3) is 0.739. The molecule has 1 aliphatic heterocycles. The van der Waals surface area contributed by atoms with Crippen LogP contribution in [0.25, 0.3) is 0 Å². The number of hydrogen-bond acceptors (Lipinski definition) is 6. The topological polar surface area (TPSA) is 80.4 Å². The van der Waals surface area contributed by atoms with E-state index in [0.717, 1.165) is 70.0 Å². The van der Waals surface area contributed by atoms with Gasteiger partial charge < -0.3 is 31.7 Å². The second kappa shape index (κ2) is 11.3. The molecule has 6 N–H and O–H groups in total. The van der Waals surface area contributed by atoms with Crippen molar-refractivity contribution >= 4 is 0 Å². The molecular weight excluding hydrogens is 362 g/mol. The molecule has 1 aromatic carbocycles. The first kappa shape index (κ1) is 24.1. The van der Waals surface area contributed by atoms with E-state index in [-0.39, 0.29) is 5.54 Å². The van der Waals surface area contributed by atoms with Gasteiger partial charge in [-0.2, -0.15) is 0 Å². The molecule has 1 fully saturated rings. The lowest BCUT2D eigenvalue weighted by atomic mass is 9.75. The summed E-state index contributed by atoms with van der Waals surface area (Å²) in [7, 11) is 0. The first-order valence-electron chi connectivity index (χ1n) is 11.2. The molecule has 0 spiro atoms. The Morgan fingerprint density at radius 3 is 1.69 bits per heavy atom. The molecule has 0 radical (unpaired) electrons. The SMILES string of the molecule is Cc1c(C)c(C)c(C2(C)NCCNCCNCCNCCNCC2C)c(O)c1C. The van der Waals surface area contributed by atoms with E-state index in [0.29, 0.717) is 11.7 Å². The molecule has 2 unspecified atom stereocenters.